The van der Waals surface area contributed by atoms with Crippen LogP contribution in [0.5, 0.6) is 11.6 Å². The minimum atomic E-state index is -0.0190. The van der Waals surface area contributed by atoms with Gasteiger partial charge in [0.15, 0.2) is 5.82 Å². The first kappa shape index (κ1) is 20.2. The maximum Gasteiger partial charge on any atom is 0.230 e. The minimum Gasteiger partial charge on any atom is -0.494 e. The van der Waals surface area contributed by atoms with Crippen molar-refractivity contribution in [1.29, 1.82) is 0 Å². The van der Waals surface area contributed by atoms with E-state index >= 15 is 0 Å². The molecule has 1 aromatic carbocycles. The van der Waals surface area contributed by atoms with E-state index in [1.807, 2.05) is 26.0 Å². The van der Waals surface area contributed by atoms with Gasteiger partial charge in [-0.2, -0.15) is 4.52 Å². The molecule has 0 radical (unpaired) electrons. The van der Waals surface area contributed by atoms with Crippen molar-refractivity contribution in [2.75, 3.05) is 19.7 Å². The largest absolute Gasteiger partial charge is 0.494 e. The van der Waals surface area contributed by atoms with E-state index in [9.17, 15) is 5.11 Å². The number of nitrogens with zero attached hydrogens (tertiary/aromatic N) is 4. The summed E-state index contributed by atoms with van der Waals surface area (Å²) in [6.45, 7) is 11.3. The number of thiazole rings is 1. The molecule has 156 valence electrons. The van der Waals surface area contributed by atoms with Crippen LogP contribution in [-0.2, 0) is 6.42 Å². The number of aromatic hydroxyl groups is 1. The highest BCUT2D eigenvalue weighted by molar-refractivity contribution is 7.17. The predicted octanol–water partition coefficient (Wildman–Crippen LogP) is 4.52. The Labute approximate surface area is 176 Å². The van der Waals surface area contributed by atoms with Gasteiger partial charge in [0.1, 0.15) is 5.75 Å². The molecule has 29 heavy (non-hydrogen) atoms. The number of fused-ring (bicyclic) bond motifs is 1. The van der Waals surface area contributed by atoms with E-state index in [2.05, 4.69) is 41.0 Å². The maximum absolute atomic E-state index is 11.1. The number of aryl methyl sites for hydroxylation is 1. The van der Waals surface area contributed by atoms with E-state index in [1.165, 1.54) is 6.42 Å². The highest BCUT2D eigenvalue weighted by Gasteiger charge is 2.33. The molecule has 0 saturated carbocycles. The third-order valence-electron chi connectivity index (χ3n) is 5.58. The Morgan fingerprint density at radius 3 is 2.45 bits per heavy atom. The minimum absolute atomic E-state index is 0.0190. The van der Waals surface area contributed by atoms with Crippen LogP contribution in [0.2, 0.25) is 0 Å². The summed E-state index contributed by atoms with van der Waals surface area (Å²) in [5.41, 5.74) is 1.16. The Morgan fingerprint density at radius 1 is 1.17 bits per heavy atom. The molecule has 1 aliphatic rings. The summed E-state index contributed by atoms with van der Waals surface area (Å²) in [4.78, 5) is 8.74. The third kappa shape index (κ3) is 3.98. The van der Waals surface area contributed by atoms with E-state index in [-0.39, 0.29) is 11.9 Å². The molecule has 3 heterocycles. The van der Waals surface area contributed by atoms with Crippen LogP contribution in [-0.4, -0.2) is 44.3 Å². The molecule has 2 aromatic heterocycles. The summed E-state index contributed by atoms with van der Waals surface area (Å²) in [5.74, 6) is 3.09. The van der Waals surface area contributed by atoms with Gasteiger partial charge in [0, 0.05) is 19.5 Å². The Balaban J connectivity index is 1.77. The lowest BCUT2D eigenvalue weighted by molar-refractivity contribution is 0.112. The molecule has 1 N–H and O–H groups in total. The van der Waals surface area contributed by atoms with Gasteiger partial charge in [-0.3, -0.25) is 4.90 Å². The standard InChI is InChI=1S/C22H30N4O2S/c1-5-18-23-22-26(24-18)21(27)20(29-22)19(25-12-14(3)11-15(4)13-25)16-7-9-17(10-8-16)28-6-2/h7-10,14-15,19,27H,5-6,11-13H2,1-4H3/t14-,15-,19-/m1/s1. The predicted molar refractivity (Wildman–Crippen MR) is 116 cm³/mol. The van der Waals surface area contributed by atoms with Gasteiger partial charge in [-0.15, -0.1) is 5.10 Å². The number of rotatable bonds is 6. The molecule has 6 nitrogen and oxygen atoms in total. The second-order valence-corrected chi connectivity index (χ2v) is 9.18. The number of likely N-dealkylation sites (tertiary alicyclic amines) is 1. The lowest BCUT2D eigenvalue weighted by Gasteiger charge is -2.40. The van der Waals surface area contributed by atoms with Gasteiger partial charge in [0.05, 0.1) is 17.5 Å². The fourth-order valence-corrected chi connectivity index (χ4v) is 5.62. The van der Waals surface area contributed by atoms with Crippen LogP contribution in [0, 0.1) is 11.8 Å². The first-order chi connectivity index (χ1) is 14.0. The third-order valence-corrected chi connectivity index (χ3v) is 6.65. The van der Waals surface area contributed by atoms with Crippen molar-refractivity contribution in [3.8, 4) is 11.6 Å². The van der Waals surface area contributed by atoms with Gasteiger partial charge < -0.3 is 9.84 Å². The lowest BCUT2D eigenvalue weighted by Crippen LogP contribution is -2.41. The van der Waals surface area contributed by atoms with Crippen LogP contribution in [0.25, 0.3) is 4.96 Å². The van der Waals surface area contributed by atoms with E-state index in [0.29, 0.717) is 18.4 Å². The van der Waals surface area contributed by atoms with Crippen LogP contribution in [0.3, 0.4) is 0 Å². The molecule has 3 atom stereocenters. The Morgan fingerprint density at radius 2 is 1.86 bits per heavy atom. The van der Waals surface area contributed by atoms with Crippen molar-refractivity contribution in [2.45, 2.75) is 46.6 Å². The molecule has 0 bridgehead atoms. The van der Waals surface area contributed by atoms with Crippen molar-refractivity contribution in [3.63, 3.8) is 0 Å². The van der Waals surface area contributed by atoms with Gasteiger partial charge >= 0.3 is 0 Å². The molecular formula is C22H30N4O2S. The van der Waals surface area contributed by atoms with Gasteiger partial charge in [0.25, 0.3) is 0 Å². The van der Waals surface area contributed by atoms with Gasteiger partial charge in [-0.05, 0) is 42.9 Å². The molecule has 3 aromatic rings. The zero-order valence-electron chi connectivity index (χ0n) is 17.6. The van der Waals surface area contributed by atoms with Crippen molar-refractivity contribution >= 4 is 16.3 Å². The molecule has 0 aliphatic carbocycles. The van der Waals surface area contributed by atoms with Gasteiger partial charge in [0.2, 0.25) is 10.8 Å². The highest BCUT2D eigenvalue weighted by atomic mass is 32.1. The second kappa shape index (κ2) is 8.32. The van der Waals surface area contributed by atoms with Crippen molar-refractivity contribution in [1.82, 2.24) is 19.5 Å². The second-order valence-electron chi connectivity index (χ2n) is 8.17. The quantitative estimate of drug-likeness (QED) is 0.642. The van der Waals surface area contributed by atoms with Crippen LogP contribution in [0.1, 0.15) is 56.4 Å². The van der Waals surface area contributed by atoms with Crippen LogP contribution < -0.4 is 4.74 Å². The van der Waals surface area contributed by atoms with E-state index in [0.717, 1.165) is 46.5 Å². The fraction of sp³-hybridized carbons (Fsp3) is 0.545. The van der Waals surface area contributed by atoms with Crippen LogP contribution in [0.4, 0.5) is 0 Å². The average Bonchev–Trinajstić information content (AvgIpc) is 3.22. The first-order valence-electron chi connectivity index (χ1n) is 10.5. The van der Waals surface area contributed by atoms with Crippen molar-refractivity contribution < 1.29 is 9.84 Å². The Hall–Kier alpha value is -2.12. The van der Waals surface area contributed by atoms with Crippen LogP contribution >= 0.6 is 11.3 Å². The van der Waals surface area contributed by atoms with E-state index < -0.39 is 0 Å². The van der Waals surface area contributed by atoms with Crippen molar-refractivity contribution in [2.24, 2.45) is 11.8 Å². The lowest BCUT2D eigenvalue weighted by atomic mass is 9.89. The monoisotopic (exact) mass is 414 g/mol. The summed E-state index contributed by atoms with van der Waals surface area (Å²) in [6, 6.07) is 8.26. The SMILES string of the molecule is CCOc1ccc([C@H](c2sc3nc(CC)nn3c2O)N2C[C@H](C)C[C@@H](C)C2)cc1. The Bertz CT molecular complexity index is 955. The van der Waals surface area contributed by atoms with Gasteiger partial charge in [-0.1, -0.05) is 44.2 Å². The zero-order chi connectivity index (χ0) is 20.5. The average molecular weight is 415 g/mol. The molecule has 0 unspecified atom stereocenters. The number of hydrogen-bond acceptors (Lipinski definition) is 6. The van der Waals surface area contributed by atoms with Gasteiger partial charge in [-0.25, -0.2) is 4.98 Å². The fourth-order valence-electron chi connectivity index (χ4n) is 4.48. The molecule has 7 heteroatoms. The molecular weight excluding hydrogens is 384 g/mol. The topological polar surface area (TPSA) is 62.9 Å². The van der Waals surface area contributed by atoms with Crippen molar-refractivity contribution in [3.05, 3.63) is 40.5 Å². The van der Waals surface area contributed by atoms with E-state index in [1.54, 1.807) is 15.9 Å². The summed E-state index contributed by atoms with van der Waals surface area (Å²) >= 11 is 1.54. The van der Waals surface area contributed by atoms with Crippen LogP contribution in [0.15, 0.2) is 24.3 Å². The molecule has 4 rings (SSSR count). The number of ether oxygens (including phenoxy) is 1. The number of aromatic nitrogens is 3. The Kier molecular flexibility index (Phi) is 5.79. The first-order valence-corrected chi connectivity index (χ1v) is 11.4. The molecule has 1 saturated heterocycles. The number of benzene rings is 1. The summed E-state index contributed by atoms with van der Waals surface area (Å²) < 4.78 is 7.22. The summed E-state index contributed by atoms with van der Waals surface area (Å²) in [7, 11) is 0. The molecule has 1 aliphatic heterocycles. The number of piperidine rings is 1. The maximum atomic E-state index is 11.1. The molecule has 0 amide bonds. The molecule has 0 spiro atoms. The smallest absolute Gasteiger partial charge is 0.230 e. The van der Waals surface area contributed by atoms with E-state index in [4.69, 9.17) is 4.74 Å². The summed E-state index contributed by atoms with van der Waals surface area (Å²) in [6.07, 6.45) is 2.00. The highest BCUT2D eigenvalue weighted by Crippen LogP contribution is 2.42. The molecule has 1 fully saturated rings. The summed E-state index contributed by atoms with van der Waals surface area (Å²) in [5, 5.41) is 15.5. The normalized spacial score (nSPS) is 21.5. The zero-order valence-corrected chi connectivity index (χ0v) is 18.4. The number of hydrogen-bond donors (Lipinski definition) is 1.